The average molecular weight is 608 g/mol. The van der Waals surface area contributed by atoms with E-state index >= 15 is 0 Å². The van der Waals surface area contributed by atoms with Crippen molar-refractivity contribution in [2.75, 3.05) is 30.3 Å². The summed E-state index contributed by atoms with van der Waals surface area (Å²) in [4.78, 5) is 29.3. The van der Waals surface area contributed by atoms with Crippen molar-refractivity contribution in [2.45, 2.75) is 58.2 Å². The third kappa shape index (κ3) is 9.22. The van der Waals surface area contributed by atoms with E-state index in [0.29, 0.717) is 36.8 Å². The van der Waals surface area contributed by atoms with Gasteiger partial charge in [0.25, 0.3) is 0 Å². The lowest BCUT2D eigenvalue weighted by atomic mass is 10.00. The van der Waals surface area contributed by atoms with Gasteiger partial charge in [-0.05, 0) is 50.5 Å². The number of nitrogens with one attached hydrogen (secondary N) is 1. The standard InChI is InChI=1S/C33H41N3O6S/c1-33(2,3)34-32(38)28(22-25-12-7-5-8-13-25)35(24-26-14-9-6-10-15-26)31(37)16-11-19-36(43(4,39)40)27-17-18-29-30(23-27)42-21-20-41-29/h5-10,12-15,17-18,23,28H,11,16,19-22,24H2,1-4H3,(H,34,38)/t28-/m0/s1. The summed E-state index contributed by atoms with van der Waals surface area (Å²) in [7, 11) is -3.65. The van der Waals surface area contributed by atoms with Gasteiger partial charge in [-0.25, -0.2) is 8.42 Å². The fourth-order valence-corrected chi connectivity index (χ4v) is 5.94. The monoisotopic (exact) mass is 607 g/mol. The first-order valence-electron chi connectivity index (χ1n) is 14.5. The molecular formula is C33H41N3O6S. The Morgan fingerprint density at radius 1 is 0.884 bits per heavy atom. The number of hydrogen-bond donors (Lipinski definition) is 1. The predicted octanol–water partition coefficient (Wildman–Crippen LogP) is 4.56. The fourth-order valence-electron chi connectivity index (χ4n) is 4.98. The Labute approximate surface area is 254 Å². The van der Waals surface area contributed by atoms with E-state index < -0.39 is 21.6 Å². The summed E-state index contributed by atoms with van der Waals surface area (Å²) >= 11 is 0. The Kier molecular flexibility index (Phi) is 10.3. The Balaban J connectivity index is 1.57. The summed E-state index contributed by atoms with van der Waals surface area (Å²) in [5.74, 6) is 0.573. The highest BCUT2D eigenvalue weighted by Gasteiger charge is 2.32. The van der Waals surface area contributed by atoms with Gasteiger partial charge in [0, 0.05) is 37.5 Å². The molecule has 0 bridgehead atoms. The van der Waals surface area contributed by atoms with Crippen LogP contribution in [-0.2, 0) is 32.6 Å². The minimum absolute atomic E-state index is 0.0531. The first-order valence-corrected chi connectivity index (χ1v) is 16.3. The molecule has 1 atom stereocenters. The number of rotatable bonds is 12. The van der Waals surface area contributed by atoms with Crippen LogP contribution in [-0.4, -0.2) is 62.7 Å². The number of fused-ring (bicyclic) bond motifs is 1. The molecule has 2 amide bonds. The Hall–Kier alpha value is -4.05. The molecule has 0 spiro atoms. The van der Waals surface area contributed by atoms with Crippen LogP contribution in [0.3, 0.4) is 0 Å². The van der Waals surface area contributed by atoms with E-state index in [4.69, 9.17) is 9.47 Å². The minimum Gasteiger partial charge on any atom is -0.486 e. The average Bonchev–Trinajstić information content (AvgIpc) is 2.96. The highest BCUT2D eigenvalue weighted by Crippen LogP contribution is 2.34. The zero-order valence-electron chi connectivity index (χ0n) is 25.3. The second-order valence-corrected chi connectivity index (χ2v) is 13.6. The number of hydrogen-bond acceptors (Lipinski definition) is 6. The van der Waals surface area contributed by atoms with Crippen molar-refractivity contribution in [1.29, 1.82) is 0 Å². The fraction of sp³-hybridized carbons (Fsp3) is 0.394. The van der Waals surface area contributed by atoms with Crippen molar-refractivity contribution >= 4 is 27.5 Å². The number of carbonyl (C=O) groups excluding carboxylic acids is 2. The maximum absolute atomic E-state index is 13.9. The largest absolute Gasteiger partial charge is 0.486 e. The highest BCUT2D eigenvalue weighted by molar-refractivity contribution is 7.92. The molecule has 0 aliphatic carbocycles. The van der Waals surface area contributed by atoms with Crippen LogP contribution in [0.25, 0.3) is 0 Å². The number of ether oxygens (including phenoxy) is 2. The Morgan fingerprint density at radius 2 is 1.49 bits per heavy atom. The highest BCUT2D eigenvalue weighted by atomic mass is 32.2. The molecule has 4 rings (SSSR count). The molecule has 1 aliphatic heterocycles. The third-order valence-corrected chi connectivity index (χ3v) is 8.13. The predicted molar refractivity (Wildman–Crippen MR) is 168 cm³/mol. The minimum atomic E-state index is -3.65. The van der Waals surface area contributed by atoms with Gasteiger partial charge in [-0.3, -0.25) is 13.9 Å². The second kappa shape index (κ2) is 13.9. The molecule has 1 aliphatic rings. The topological polar surface area (TPSA) is 105 Å². The van der Waals surface area contributed by atoms with Crippen molar-refractivity contribution in [3.8, 4) is 11.5 Å². The summed E-state index contributed by atoms with van der Waals surface area (Å²) in [5.41, 5.74) is 1.77. The lowest BCUT2D eigenvalue weighted by molar-refractivity contribution is -0.142. The van der Waals surface area contributed by atoms with E-state index in [1.165, 1.54) is 4.31 Å². The van der Waals surface area contributed by atoms with Gasteiger partial charge in [0.05, 0.1) is 11.9 Å². The molecule has 230 valence electrons. The molecule has 10 heteroatoms. The Morgan fingerprint density at radius 3 is 2.09 bits per heavy atom. The zero-order valence-corrected chi connectivity index (χ0v) is 26.1. The molecule has 3 aromatic carbocycles. The van der Waals surface area contributed by atoms with Gasteiger partial charge in [0.2, 0.25) is 21.8 Å². The first-order chi connectivity index (χ1) is 20.4. The van der Waals surface area contributed by atoms with Crippen molar-refractivity contribution in [3.05, 3.63) is 90.0 Å². The lowest BCUT2D eigenvalue weighted by Crippen LogP contribution is -2.54. The zero-order chi connectivity index (χ0) is 31.0. The third-order valence-electron chi connectivity index (χ3n) is 6.93. The van der Waals surface area contributed by atoms with Crippen molar-refractivity contribution < 1.29 is 27.5 Å². The summed E-state index contributed by atoms with van der Waals surface area (Å²) in [6.07, 6.45) is 1.79. The number of benzene rings is 3. The van der Waals surface area contributed by atoms with Gasteiger partial charge in [0.1, 0.15) is 19.3 Å². The maximum Gasteiger partial charge on any atom is 0.243 e. The molecule has 3 aromatic rings. The number of sulfonamides is 1. The molecule has 1 heterocycles. The van der Waals surface area contributed by atoms with E-state index in [9.17, 15) is 18.0 Å². The molecule has 1 N–H and O–H groups in total. The van der Waals surface area contributed by atoms with Crippen LogP contribution in [0, 0.1) is 0 Å². The molecule has 0 saturated heterocycles. The van der Waals surface area contributed by atoms with Crippen LogP contribution in [0.4, 0.5) is 5.69 Å². The van der Waals surface area contributed by atoms with Crippen LogP contribution in [0.5, 0.6) is 11.5 Å². The van der Waals surface area contributed by atoms with Gasteiger partial charge in [-0.2, -0.15) is 0 Å². The van der Waals surface area contributed by atoms with E-state index in [1.807, 2.05) is 81.4 Å². The number of anilines is 1. The molecule has 0 saturated carbocycles. The smallest absolute Gasteiger partial charge is 0.243 e. The van der Waals surface area contributed by atoms with Gasteiger partial charge in [-0.1, -0.05) is 60.7 Å². The molecule has 0 aromatic heterocycles. The Bertz CT molecular complexity index is 1490. The SMILES string of the molecule is CC(C)(C)NC(=O)[C@H](Cc1ccccc1)N(Cc1ccccc1)C(=O)CCCN(c1ccc2c(c1)OCCO2)S(C)(=O)=O. The van der Waals surface area contributed by atoms with Gasteiger partial charge in [0.15, 0.2) is 11.5 Å². The van der Waals surface area contributed by atoms with E-state index in [0.717, 1.165) is 17.4 Å². The number of nitrogens with zero attached hydrogens (tertiary/aromatic N) is 2. The van der Waals surface area contributed by atoms with Gasteiger partial charge in [-0.15, -0.1) is 0 Å². The van der Waals surface area contributed by atoms with Gasteiger partial charge < -0.3 is 19.7 Å². The quantitative estimate of drug-likeness (QED) is 0.324. The maximum atomic E-state index is 13.9. The van der Waals surface area contributed by atoms with E-state index in [2.05, 4.69) is 5.32 Å². The molecule has 0 unspecified atom stereocenters. The first kappa shape index (κ1) is 31.9. The van der Waals surface area contributed by atoms with Crippen LogP contribution in [0.1, 0.15) is 44.7 Å². The molecular weight excluding hydrogens is 566 g/mol. The van der Waals surface area contributed by atoms with Crippen LogP contribution < -0.4 is 19.1 Å². The van der Waals surface area contributed by atoms with E-state index in [-0.39, 0.29) is 37.7 Å². The lowest BCUT2D eigenvalue weighted by Gasteiger charge is -2.34. The van der Waals surface area contributed by atoms with Crippen LogP contribution >= 0.6 is 0 Å². The normalized spacial score (nSPS) is 13.6. The van der Waals surface area contributed by atoms with Crippen LogP contribution in [0.2, 0.25) is 0 Å². The number of amides is 2. The molecule has 43 heavy (non-hydrogen) atoms. The molecule has 0 fully saturated rings. The van der Waals surface area contributed by atoms with Crippen molar-refractivity contribution in [3.63, 3.8) is 0 Å². The molecule has 0 radical (unpaired) electrons. The van der Waals surface area contributed by atoms with Crippen molar-refractivity contribution in [2.24, 2.45) is 0 Å². The summed E-state index contributed by atoms with van der Waals surface area (Å²) < 4.78 is 38.1. The van der Waals surface area contributed by atoms with Crippen LogP contribution in [0.15, 0.2) is 78.9 Å². The number of carbonyl (C=O) groups is 2. The second-order valence-electron chi connectivity index (χ2n) is 11.7. The van der Waals surface area contributed by atoms with E-state index in [1.54, 1.807) is 23.1 Å². The molecule has 9 nitrogen and oxygen atoms in total. The van der Waals surface area contributed by atoms with Crippen molar-refractivity contribution in [1.82, 2.24) is 10.2 Å². The van der Waals surface area contributed by atoms with Gasteiger partial charge >= 0.3 is 0 Å². The summed E-state index contributed by atoms with van der Waals surface area (Å²) in [5, 5.41) is 3.06. The summed E-state index contributed by atoms with van der Waals surface area (Å²) in [6.45, 7) is 6.87. The summed E-state index contributed by atoms with van der Waals surface area (Å²) in [6, 6.07) is 23.4.